The molecule has 0 spiro atoms. The molecule has 1 fully saturated rings. The van der Waals surface area contributed by atoms with Crippen LogP contribution in [0.25, 0.3) is 0 Å². The molecule has 5 nitrogen and oxygen atoms in total. The smallest absolute Gasteiger partial charge is 0.242 e. The molecule has 0 bridgehead atoms. The molecule has 0 atom stereocenters. The number of hydrogen-bond donors (Lipinski definition) is 2. The summed E-state index contributed by atoms with van der Waals surface area (Å²) in [6.45, 7) is 6.28. The molecule has 0 saturated carbocycles. The number of rotatable bonds is 6. The fourth-order valence-corrected chi connectivity index (χ4v) is 3.50. The van der Waals surface area contributed by atoms with E-state index < -0.39 is 10.0 Å². The maximum Gasteiger partial charge on any atom is 0.242 e. The van der Waals surface area contributed by atoms with Gasteiger partial charge < -0.3 is 10.2 Å². The van der Waals surface area contributed by atoms with Gasteiger partial charge in [0, 0.05) is 13.1 Å². The lowest BCUT2D eigenvalue weighted by Gasteiger charge is -2.30. The van der Waals surface area contributed by atoms with Gasteiger partial charge in [0.25, 0.3) is 0 Å². The van der Waals surface area contributed by atoms with E-state index in [1.54, 1.807) is 12.1 Å². The van der Waals surface area contributed by atoms with Crippen LogP contribution in [0.15, 0.2) is 29.2 Å². The van der Waals surface area contributed by atoms with E-state index >= 15 is 0 Å². The molecule has 0 unspecified atom stereocenters. The van der Waals surface area contributed by atoms with E-state index in [4.69, 9.17) is 0 Å². The van der Waals surface area contributed by atoms with Crippen LogP contribution in [0.4, 0.5) is 5.69 Å². The molecule has 21 heavy (non-hydrogen) atoms. The van der Waals surface area contributed by atoms with Gasteiger partial charge in [-0.1, -0.05) is 19.1 Å². The highest BCUT2D eigenvalue weighted by atomic mass is 32.2. The summed E-state index contributed by atoms with van der Waals surface area (Å²) >= 11 is 0. The number of likely N-dealkylation sites (tertiary alicyclic amines) is 1. The lowest BCUT2D eigenvalue weighted by atomic mass is 9.99. The summed E-state index contributed by atoms with van der Waals surface area (Å²) < 4.78 is 26.3. The van der Waals surface area contributed by atoms with E-state index in [0.717, 1.165) is 32.1 Å². The van der Waals surface area contributed by atoms with Gasteiger partial charge in [0.2, 0.25) is 10.0 Å². The third-order valence-corrected chi connectivity index (χ3v) is 5.54. The second kappa shape index (κ2) is 7.24. The summed E-state index contributed by atoms with van der Waals surface area (Å²) in [6, 6.07) is 7.01. The molecule has 1 aliphatic rings. The zero-order valence-corrected chi connectivity index (χ0v) is 13.6. The molecular weight excluding hydrogens is 286 g/mol. The van der Waals surface area contributed by atoms with Crippen LogP contribution in [0, 0.1) is 5.92 Å². The van der Waals surface area contributed by atoms with Crippen molar-refractivity contribution in [3.05, 3.63) is 24.3 Å². The van der Waals surface area contributed by atoms with Gasteiger partial charge in [0.15, 0.2) is 0 Å². The molecule has 118 valence electrons. The van der Waals surface area contributed by atoms with E-state index in [-0.39, 0.29) is 0 Å². The third kappa shape index (κ3) is 4.43. The lowest BCUT2D eigenvalue weighted by molar-refractivity contribution is 0.199. The highest BCUT2D eigenvalue weighted by molar-refractivity contribution is 7.89. The number of sulfonamides is 1. The van der Waals surface area contributed by atoms with E-state index in [2.05, 4.69) is 21.9 Å². The summed E-state index contributed by atoms with van der Waals surface area (Å²) in [4.78, 5) is 2.74. The summed E-state index contributed by atoms with van der Waals surface area (Å²) in [5.74, 6) is 0.829. The summed E-state index contributed by atoms with van der Waals surface area (Å²) in [6.07, 6.45) is 2.51. The largest absolute Gasteiger partial charge is 0.383 e. The second-order valence-electron chi connectivity index (χ2n) is 5.65. The molecule has 2 rings (SSSR count). The Kier molecular flexibility index (Phi) is 5.61. The van der Waals surface area contributed by atoms with Gasteiger partial charge in [0.05, 0.1) is 5.69 Å². The first-order valence-electron chi connectivity index (χ1n) is 7.52. The highest BCUT2D eigenvalue weighted by Gasteiger charge is 2.17. The minimum absolute atomic E-state index is 0.305. The molecular formula is C15H25N3O2S. The van der Waals surface area contributed by atoms with Gasteiger partial charge in [-0.15, -0.1) is 0 Å². The molecule has 2 N–H and O–H groups in total. The Morgan fingerprint density at radius 2 is 1.90 bits per heavy atom. The quantitative estimate of drug-likeness (QED) is 0.840. The molecule has 6 heteroatoms. The molecule has 1 aromatic carbocycles. The Hall–Kier alpha value is -1.11. The minimum atomic E-state index is -3.42. The van der Waals surface area contributed by atoms with E-state index in [1.165, 1.54) is 19.9 Å². The number of para-hydroxylation sites is 1. The molecule has 0 aromatic heterocycles. The Labute approximate surface area is 127 Å². The topological polar surface area (TPSA) is 61.4 Å². The average Bonchev–Trinajstić information content (AvgIpc) is 2.50. The average molecular weight is 311 g/mol. The van der Waals surface area contributed by atoms with Gasteiger partial charge in [-0.3, -0.25) is 0 Å². The first kappa shape index (κ1) is 16.3. The van der Waals surface area contributed by atoms with Crippen molar-refractivity contribution in [3.63, 3.8) is 0 Å². The predicted molar refractivity (Wildman–Crippen MR) is 86.0 cm³/mol. The molecule has 1 aromatic rings. The number of nitrogens with zero attached hydrogens (tertiary/aromatic N) is 1. The van der Waals surface area contributed by atoms with Crippen LogP contribution in [-0.4, -0.2) is 46.5 Å². The Morgan fingerprint density at radius 3 is 2.57 bits per heavy atom. The monoisotopic (exact) mass is 311 g/mol. The van der Waals surface area contributed by atoms with Crippen molar-refractivity contribution in [1.82, 2.24) is 9.62 Å². The van der Waals surface area contributed by atoms with Crippen LogP contribution in [0.2, 0.25) is 0 Å². The summed E-state index contributed by atoms with van der Waals surface area (Å²) in [5, 5.41) is 3.25. The van der Waals surface area contributed by atoms with Crippen LogP contribution in [0.5, 0.6) is 0 Å². The van der Waals surface area contributed by atoms with Crippen LogP contribution >= 0.6 is 0 Å². The summed E-state index contributed by atoms with van der Waals surface area (Å²) in [5.41, 5.74) is 0.664. The van der Waals surface area contributed by atoms with Crippen LogP contribution in [0.1, 0.15) is 19.8 Å². The van der Waals surface area contributed by atoms with Crippen molar-refractivity contribution in [3.8, 4) is 0 Å². The zero-order valence-electron chi connectivity index (χ0n) is 12.8. The SMILES string of the molecule is CNS(=O)(=O)c1ccccc1NCCN1CCC(C)CC1. The van der Waals surface area contributed by atoms with E-state index in [9.17, 15) is 8.42 Å². The highest BCUT2D eigenvalue weighted by Crippen LogP contribution is 2.20. The third-order valence-electron chi connectivity index (χ3n) is 4.07. The maximum atomic E-state index is 12.0. The van der Waals surface area contributed by atoms with Crippen molar-refractivity contribution in [2.45, 2.75) is 24.7 Å². The maximum absolute atomic E-state index is 12.0. The van der Waals surface area contributed by atoms with Crippen molar-refractivity contribution < 1.29 is 8.42 Å². The number of nitrogens with one attached hydrogen (secondary N) is 2. The van der Waals surface area contributed by atoms with Crippen molar-refractivity contribution in [2.75, 3.05) is 38.5 Å². The Bertz CT molecular complexity index is 552. The molecule has 0 radical (unpaired) electrons. The van der Waals surface area contributed by atoms with Gasteiger partial charge in [-0.25, -0.2) is 13.1 Å². The first-order valence-corrected chi connectivity index (χ1v) is 9.00. The number of benzene rings is 1. The molecule has 1 heterocycles. The standard InChI is InChI=1S/C15H25N3O2S/c1-13-7-10-18(11-8-13)12-9-17-14-5-3-4-6-15(14)21(19,20)16-2/h3-6,13,16-17H,7-12H2,1-2H3. The second-order valence-corrected chi connectivity index (χ2v) is 7.51. The minimum Gasteiger partial charge on any atom is -0.383 e. The molecule has 0 aliphatic carbocycles. The van der Waals surface area contributed by atoms with Crippen LogP contribution in [-0.2, 0) is 10.0 Å². The first-order chi connectivity index (χ1) is 10.0. The van der Waals surface area contributed by atoms with Crippen molar-refractivity contribution in [1.29, 1.82) is 0 Å². The van der Waals surface area contributed by atoms with Crippen molar-refractivity contribution in [2.24, 2.45) is 5.92 Å². The lowest BCUT2D eigenvalue weighted by Crippen LogP contribution is -2.36. The summed E-state index contributed by atoms with van der Waals surface area (Å²) in [7, 11) is -1.99. The van der Waals surface area contributed by atoms with Gasteiger partial charge in [-0.05, 0) is 51.0 Å². The normalized spacial score (nSPS) is 17.8. The van der Waals surface area contributed by atoms with Gasteiger partial charge in [0.1, 0.15) is 4.90 Å². The van der Waals surface area contributed by atoms with E-state index in [0.29, 0.717) is 10.6 Å². The van der Waals surface area contributed by atoms with Crippen molar-refractivity contribution >= 4 is 15.7 Å². The molecule has 0 amide bonds. The van der Waals surface area contributed by atoms with Gasteiger partial charge in [-0.2, -0.15) is 0 Å². The fourth-order valence-electron chi connectivity index (χ4n) is 2.59. The number of anilines is 1. The molecule has 1 aliphatic heterocycles. The Balaban J connectivity index is 1.92. The van der Waals surface area contributed by atoms with Gasteiger partial charge >= 0.3 is 0 Å². The number of piperidine rings is 1. The fraction of sp³-hybridized carbons (Fsp3) is 0.600. The van der Waals surface area contributed by atoms with E-state index in [1.807, 2.05) is 12.1 Å². The predicted octanol–water partition coefficient (Wildman–Crippen LogP) is 1.74. The number of hydrogen-bond acceptors (Lipinski definition) is 4. The Morgan fingerprint density at radius 1 is 1.24 bits per heavy atom. The molecule has 1 saturated heterocycles. The van der Waals surface area contributed by atoms with Crippen LogP contribution in [0.3, 0.4) is 0 Å². The van der Waals surface area contributed by atoms with Crippen LogP contribution < -0.4 is 10.0 Å². The zero-order chi connectivity index (χ0) is 15.3.